The number of benzene rings is 2. The van der Waals surface area contributed by atoms with Gasteiger partial charge in [0, 0.05) is 24.8 Å². The zero-order chi connectivity index (χ0) is 31.1. The van der Waals surface area contributed by atoms with Crippen LogP contribution >= 0.6 is 0 Å². The van der Waals surface area contributed by atoms with Crippen LogP contribution < -0.4 is 18.9 Å². The van der Waals surface area contributed by atoms with Gasteiger partial charge in [-0.2, -0.15) is 0 Å². The fourth-order valence-corrected chi connectivity index (χ4v) is 6.59. The van der Waals surface area contributed by atoms with E-state index >= 15 is 0 Å². The van der Waals surface area contributed by atoms with E-state index in [0.717, 1.165) is 4.90 Å². The van der Waals surface area contributed by atoms with Crippen LogP contribution in [0.5, 0.6) is 28.7 Å². The van der Waals surface area contributed by atoms with E-state index in [4.69, 9.17) is 33.8 Å². The number of nitrogens with zero attached hydrogens (tertiary/aromatic N) is 2. The van der Waals surface area contributed by atoms with Crippen LogP contribution in [0.3, 0.4) is 0 Å². The van der Waals surface area contributed by atoms with Gasteiger partial charge in [0.15, 0.2) is 23.0 Å². The minimum atomic E-state index is -0.887. The van der Waals surface area contributed by atoms with Gasteiger partial charge in [0.1, 0.15) is 5.71 Å². The minimum Gasteiger partial charge on any atom is -0.502 e. The van der Waals surface area contributed by atoms with Crippen LogP contribution in [0.25, 0.3) is 0 Å². The van der Waals surface area contributed by atoms with Gasteiger partial charge in [-0.15, -0.1) is 0 Å². The number of cyclic esters (lactones) is 1. The molecule has 0 saturated carbocycles. The number of amides is 2. The van der Waals surface area contributed by atoms with Crippen molar-refractivity contribution in [3.8, 4) is 28.7 Å². The van der Waals surface area contributed by atoms with Crippen LogP contribution in [-0.4, -0.2) is 78.7 Å². The summed E-state index contributed by atoms with van der Waals surface area (Å²) in [6, 6.07) is 6.21. The minimum absolute atomic E-state index is 0.0201. The number of esters is 1. The Bertz CT molecular complexity index is 1540. The highest BCUT2D eigenvalue weighted by Gasteiger charge is 2.53. The van der Waals surface area contributed by atoms with Gasteiger partial charge in [-0.25, -0.2) is 0 Å². The number of fused-ring (bicyclic) bond motifs is 3. The van der Waals surface area contributed by atoms with E-state index in [2.05, 4.69) is 0 Å². The smallest absolute Gasteiger partial charge is 0.310 e. The summed E-state index contributed by atoms with van der Waals surface area (Å²) in [4.78, 5) is 56.4. The molecule has 0 unspecified atom stereocenters. The van der Waals surface area contributed by atoms with Crippen molar-refractivity contribution in [2.45, 2.75) is 44.1 Å². The van der Waals surface area contributed by atoms with Crippen LogP contribution in [0.2, 0.25) is 0 Å². The molecule has 1 aliphatic carbocycles. The third-order valence-electron chi connectivity index (χ3n) is 8.69. The molecule has 0 spiro atoms. The predicted octanol–water partition coefficient (Wildman–Crippen LogP) is 2.96. The maximum atomic E-state index is 13.4. The summed E-state index contributed by atoms with van der Waals surface area (Å²) in [5.74, 6) is -2.79. The number of carbonyl (C=O) groups excluding carboxylic acids is 3. The molecule has 0 aromatic heterocycles. The van der Waals surface area contributed by atoms with Crippen LogP contribution in [0.4, 0.5) is 0 Å². The Morgan fingerprint density at radius 3 is 2.32 bits per heavy atom. The molecule has 2 N–H and O–H groups in total. The number of carboxylic acids is 1. The maximum absolute atomic E-state index is 13.4. The zero-order valence-electron chi connectivity index (χ0n) is 24.2. The Hall–Kier alpha value is -4.81. The molecule has 232 valence electrons. The topological polar surface area (TPSA) is 170 Å². The van der Waals surface area contributed by atoms with E-state index in [-0.39, 0.29) is 61.7 Å². The molecule has 2 amide bonds. The van der Waals surface area contributed by atoms with Crippen molar-refractivity contribution in [2.75, 3.05) is 34.2 Å². The van der Waals surface area contributed by atoms with E-state index in [0.29, 0.717) is 47.5 Å². The molecule has 6 rings (SSSR count). The van der Waals surface area contributed by atoms with Gasteiger partial charge in [0.05, 0.1) is 39.2 Å². The number of hydrogen-bond donors (Lipinski definition) is 2. The third-order valence-corrected chi connectivity index (χ3v) is 8.69. The molecule has 13 heteroatoms. The van der Waals surface area contributed by atoms with Gasteiger partial charge in [-0.3, -0.25) is 29.1 Å². The molecule has 4 aliphatic rings. The molecule has 3 heterocycles. The number of unbranched alkanes of at least 4 members (excludes halogenated alkanes) is 2. The number of aliphatic imine (C=N–C) groups is 1. The first-order chi connectivity index (χ1) is 21.2. The van der Waals surface area contributed by atoms with Crippen LogP contribution in [0.1, 0.15) is 60.8 Å². The highest BCUT2D eigenvalue weighted by Crippen LogP contribution is 2.56. The normalized spacial score (nSPS) is 24.4. The monoisotopic (exact) mass is 608 g/mol. The van der Waals surface area contributed by atoms with Gasteiger partial charge in [-0.1, -0.05) is 6.42 Å². The van der Waals surface area contributed by atoms with E-state index < -0.39 is 41.6 Å². The second kappa shape index (κ2) is 11.7. The number of phenols is 1. The molecule has 2 fully saturated rings. The van der Waals surface area contributed by atoms with E-state index in [1.165, 1.54) is 14.2 Å². The second-order valence-corrected chi connectivity index (χ2v) is 11.2. The average Bonchev–Trinajstić information content (AvgIpc) is 3.69. The summed E-state index contributed by atoms with van der Waals surface area (Å²) < 4.78 is 27.7. The Kier molecular flexibility index (Phi) is 7.78. The van der Waals surface area contributed by atoms with Gasteiger partial charge < -0.3 is 33.9 Å². The van der Waals surface area contributed by atoms with Crippen molar-refractivity contribution in [2.24, 2.45) is 16.8 Å². The summed E-state index contributed by atoms with van der Waals surface area (Å²) in [5, 5.41) is 19.4. The lowest BCUT2D eigenvalue weighted by Gasteiger charge is -2.37. The summed E-state index contributed by atoms with van der Waals surface area (Å²) in [7, 11) is 2.84. The molecule has 3 aliphatic heterocycles. The average molecular weight is 609 g/mol. The zero-order valence-corrected chi connectivity index (χ0v) is 24.2. The highest BCUT2D eigenvalue weighted by atomic mass is 16.7. The number of rotatable bonds is 10. The molecule has 0 bridgehead atoms. The number of imide groups is 1. The van der Waals surface area contributed by atoms with Crippen molar-refractivity contribution in [1.82, 2.24) is 4.90 Å². The number of carbonyl (C=O) groups is 4. The summed E-state index contributed by atoms with van der Waals surface area (Å²) in [6.07, 6.45) is 1.37. The molecular weight excluding hydrogens is 576 g/mol. The number of likely N-dealkylation sites (tertiary alicyclic amines) is 1. The fraction of sp³-hybridized carbons (Fsp3) is 0.452. The standard InChI is InChI=1S/C31H32N2O11/c1-40-22-8-15(9-23(41-2)29(22)37)26-16-10-20-21(44-14-43-20)11-17(16)28(18-13-42-31(39)27(18)26)32-19-12-24(34)33(30(19)38)7-5-3-4-6-25(35)36/h8-11,18,26-28,37H,3-7,12-14H2,1-2H3,(H,35,36)/t18-,26+,27-,28+/m0/s1. The quantitative estimate of drug-likeness (QED) is 0.231. The number of hydrogen-bond acceptors (Lipinski definition) is 11. The van der Waals surface area contributed by atoms with Gasteiger partial charge in [0.25, 0.3) is 5.91 Å². The molecular formula is C31H32N2O11. The number of ether oxygens (including phenoxy) is 5. The Morgan fingerprint density at radius 2 is 1.66 bits per heavy atom. The molecule has 4 atom stereocenters. The first kappa shape index (κ1) is 29.3. The van der Waals surface area contributed by atoms with E-state index in [1.54, 1.807) is 24.3 Å². The first-order valence-corrected chi connectivity index (χ1v) is 14.4. The summed E-state index contributed by atoms with van der Waals surface area (Å²) in [5.41, 5.74) is 2.13. The Morgan fingerprint density at radius 1 is 0.977 bits per heavy atom. The lowest BCUT2D eigenvalue weighted by Crippen LogP contribution is -2.35. The van der Waals surface area contributed by atoms with Crippen LogP contribution in [0.15, 0.2) is 29.3 Å². The van der Waals surface area contributed by atoms with Crippen LogP contribution in [0, 0.1) is 11.8 Å². The third kappa shape index (κ3) is 5.05. The maximum Gasteiger partial charge on any atom is 0.310 e. The molecule has 13 nitrogen and oxygen atoms in total. The number of phenolic OH excluding ortho intramolecular Hbond substituents is 1. The Labute approximate surface area is 252 Å². The van der Waals surface area contributed by atoms with Crippen molar-refractivity contribution in [3.63, 3.8) is 0 Å². The van der Waals surface area contributed by atoms with Gasteiger partial charge in [0.2, 0.25) is 18.4 Å². The second-order valence-electron chi connectivity index (χ2n) is 11.2. The van der Waals surface area contributed by atoms with Gasteiger partial charge in [-0.05, 0) is 53.8 Å². The molecule has 0 radical (unpaired) electrons. The van der Waals surface area contributed by atoms with Crippen molar-refractivity contribution in [3.05, 3.63) is 41.0 Å². The lowest BCUT2D eigenvalue weighted by atomic mass is 9.65. The van der Waals surface area contributed by atoms with Gasteiger partial charge >= 0.3 is 11.9 Å². The summed E-state index contributed by atoms with van der Waals surface area (Å²) >= 11 is 0. The number of carboxylic acid groups (broad SMARTS) is 1. The molecule has 44 heavy (non-hydrogen) atoms. The molecule has 2 aromatic rings. The molecule has 2 aromatic carbocycles. The number of aromatic hydroxyl groups is 1. The SMILES string of the molecule is COc1cc([C@@H]2c3cc4c(cc3[C@@H](N=C3CC(=O)N(CCCCCC(=O)O)C3=O)[C@H]3COC(=O)[C@H]23)OCO4)cc(OC)c1O. The van der Waals surface area contributed by atoms with Crippen molar-refractivity contribution in [1.29, 1.82) is 0 Å². The number of aliphatic carboxylic acids is 1. The number of methoxy groups -OCH3 is 2. The fourth-order valence-electron chi connectivity index (χ4n) is 6.59. The van der Waals surface area contributed by atoms with E-state index in [1.807, 2.05) is 0 Å². The van der Waals surface area contributed by atoms with Crippen molar-refractivity contribution >= 4 is 29.5 Å². The van der Waals surface area contributed by atoms with Crippen LogP contribution in [-0.2, 0) is 23.9 Å². The highest BCUT2D eigenvalue weighted by molar-refractivity contribution is 6.48. The lowest BCUT2D eigenvalue weighted by molar-refractivity contribution is -0.142. The Balaban J connectivity index is 1.39. The van der Waals surface area contributed by atoms with E-state index in [9.17, 15) is 24.3 Å². The predicted molar refractivity (Wildman–Crippen MR) is 151 cm³/mol. The van der Waals surface area contributed by atoms with Crippen molar-refractivity contribution < 1.29 is 53.1 Å². The first-order valence-electron chi connectivity index (χ1n) is 14.4. The summed E-state index contributed by atoms with van der Waals surface area (Å²) in [6.45, 7) is 0.250. The molecule has 2 saturated heterocycles. The largest absolute Gasteiger partial charge is 0.502 e.